The molecule has 1 amide bonds. The van der Waals surface area contributed by atoms with Gasteiger partial charge in [-0.1, -0.05) is 20.8 Å². The average Bonchev–Trinajstić information content (AvgIpc) is 2.77. The number of carboxylic acids is 1. The lowest BCUT2D eigenvalue weighted by Gasteiger charge is -2.23. The first kappa shape index (κ1) is 17.2. The highest BCUT2D eigenvalue weighted by Crippen LogP contribution is 2.26. The molecule has 2 N–H and O–H groups in total. The second kappa shape index (κ2) is 7.24. The summed E-state index contributed by atoms with van der Waals surface area (Å²) >= 11 is 0. The van der Waals surface area contributed by atoms with Gasteiger partial charge in [-0.3, -0.25) is 14.3 Å². The van der Waals surface area contributed by atoms with Gasteiger partial charge in [0.2, 0.25) is 0 Å². The van der Waals surface area contributed by atoms with Crippen LogP contribution in [0.1, 0.15) is 56.2 Å². The zero-order valence-electron chi connectivity index (χ0n) is 13.3. The van der Waals surface area contributed by atoms with Crippen LogP contribution in [-0.2, 0) is 18.3 Å². The summed E-state index contributed by atoms with van der Waals surface area (Å²) < 4.78 is 1.59. The molecule has 0 saturated heterocycles. The Kier molecular flexibility index (Phi) is 5.93. The Hall–Kier alpha value is -1.85. The highest BCUT2D eigenvalue weighted by Gasteiger charge is 2.20. The third-order valence-electron chi connectivity index (χ3n) is 3.63. The molecule has 118 valence electrons. The molecule has 0 aliphatic rings. The molecular weight excluding hydrogens is 270 g/mol. The van der Waals surface area contributed by atoms with Gasteiger partial charge in [0.1, 0.15) is 5.69 Å². The highest BCUT2D eigenvalue weighted by molar-refractivity contribution is 5.92. The monoisotopic (exact) mass is 295 g/mol. The number of nitrogens with zero attached hydrogens (tertiary/aromatic N) is 2. The van der Waals surface area contributed by atoms with Crippen molar-refractivity contribution in [2.24, 2.45) is 12.5 Å². The fraction of sp³-hybridized carbons (Fsp3) is 0.667. The number of hydrogen-bond acceptors (Lipinski definition) is 3. The van der Waals surface area contributed by atoms with Crippen molar-refractivity contribution in [3.05, 3.63) is 17.5 Å². The third-order valence-corrected chi connectivity index (χ3v) is 3.63. The van der Waals surface area contributed by atoms with Crippen LogP contribution in [0.15, 0.2) is 6.07 Å². The molecular formula is C15H25N3O3. The van der Waals surface area contributed by atoms with Crippen LogP contribution < -0.4 is 5.32 Å². The van der Waals surface area contributed by atoms with E-state index in [1.807, 2.05) is 20.8 Å². The molecule has 0 aliphatic carbocycles. The number of hydrogen-bond donors (Lipinski definition) is 2. The average molecular weight is 295 g/mol. The van der Waals surface area contributed by atoms with Crippen LogP contribution in [-0.4, -0.2) is 33.3 Å². The van der Waals surface area contributed by atoms with E-state index in [-0.39, 0.29) is 17.7 Å². The SMILES string of the molecule is CCc1cc(C(=O)NCCC(C)(C)CCC(=O)O)n(C)n1. The van der Waals surface area contributed by atoms with Gasteiger partial charge in [0, 0.05) is 20.0 Å². The van der Waals surface area contributed by atoms with Crippen molar-refractivity contribution in [3.8, 4) is 0 Å². The largest absolute Gasteiger partial charge is 0.481 e. The van der Waals surface area contributed by atoms with Gasteiger partial charge >= 0.3 is 5.97 Å². The Balaban J connectivity index is 2.45. The van der Waals surface area contributed by atoms with Crippen LogP contribution in [0.2, 0.25) is 0 Å². The Morgan fingerprint density at radius 3 is 2.57 bits per heavy atom. The summed E-state index contributed by atoms with van der Waals surface area (Å²) in [7, 11) is 1.75. The van der Waals surface area contributed by atoms with Crippen molar-refractivity contribution in [1.29, 1.82) is 0 Å². The van der Waals surface area contributed by atoms with E-state index in [4.69, 9.17) is 5.11 Å². The van der Waals surface area contributed by atoms with Gasteiger partial charge in [0.05, 0.1) is 5.69 Å². The van der Waals surface area contributed by atoms with Crippen LogP contribution in [0.3, 0.4) is 0 Å². The first-order chi connectivity index (χ1) is 9.75. The summed E-state index contributed by atoms with van der Waals surface area (Å²) in [4.78, 5) is 22.7. The predicted molar refractivity (Wildman–Crippen MR) is 80.2 cm³/mol. The first-order valence-corrected chi connectivity index (χ1v) is 7.28. The lowest BCUT2D eigenvalue weighted by Crippen LogP contribution is -2.29. The fourth-order valence-corrected chi connectivity index (χ4v) is 2.09. The Morgan fingerprint density at radius 1 is 1.38 bits per heavy atom. The van der Waals surface area contributed by atoms with E-state index in [2.05, 4.69) is 10.4 Å². The second-order valence-corrected chi connectivity index (χ2v) is 6.06. The number of aliphatic carboxylic acids is 1. The van der Waals surface area contributed by atoms with Crippen LogP contribution in [0.5, 0.6) is 0 Å². The number of rotatable bonds is 8. The molecule has 0 radical (unpaired) electrons. The van der Waals surface area contributed by atoms with E-state index in [9.17, 15) is 9.59 Å². The zero-order valence-corrected chi connectivity index (χ0v) is 13.3. The number of carbonyl (C=O) groups excluding carboxylic acids is 1. The zero-order chi connectivity index (χ0) is 16.0. The van der Waals surface area contributed by atoms with Gasteiger partial charge in [-0.2, -0.15) is 5.10 Å². The minimum atomic E-state index is -0.783. The molecule has 0 aliphatic heterocycles. The van der Waals surface area contributed by atoms with E-state index < -0.39 is 5.97 Å². The maximum Gasteiger partial charge on any atom is 0.303 e. The molecule has 1 aromatic rings. The van der Waals surface area contributed by atoms with Gasteiger partial charge in [0.15, 0.2) is 0 Å². The smallest absolute Gasteiger partial charge is 0.303 e. The number of amides is 1. The molecule has 0 unspecified atom stereocenters. The minimum absolute atomic E-state index is 0.104. The maximum absolute atomic E-state index is 12.1. The number of nitrogens with one attached hydrogen (secondary N) is 1. The number of carboxylic acid groups (broad SMARTS) is 1. The summed E-state index contributed by atoms with van der Waals surface area (Å²) in [5.74, 6) is -0.923. The van der Waals surface area contributed by atoms with Crippen LogP contribution in [0.25, 0.3) is 0 Å². The number of aromatic nitrogens is 2. The minimum Gasteiger partial charge on any atom is -0.481 e. The molecule has 6 heteroatoms. The normalized spacial score (nSPS) is 11.4. The highest BCUT2D eigenvalue weighted by atomic mass is 16.4. The van der Waals surface area contributed by atoms with Gasteiger partial charge in [-0.15, -0.1) is 0 Å². The molecule has 0 atom stereocenters. The van der Waals surface area contributed by atoms with Crippen molar-refractivity contribution >= 4 is 11.9 Å². The maximum atomic E-state index is 12.1. The Labute approximate surface area is 125 Å². The Bertz CT molecular complexity index is 506. The predicted octanol–water partition coefficient (Wildman–Crippen LogP) is 1.99. The molecule has 0 spiro atoms. The molecule has 0 fully saturated rings. The summed E-state index contributed by atoms with van der Waals surface area (Å²) in [5, 5.41) is 15.8. The molecule has 6 nitrogen and oxygen atoms in total. The quantitative estimate of drug-likeness (QED) is 0.768. The second-order valence-electron chi connectivity index (χ2n) is 6.06. The van der Waals surface area contributed by atoms with Gasteiger partial charge in [0.25, 0.3) is 5.91 Å². The summed E-state index contributed by atoms with van der Waals surface area (Å²) in [6, 6.07) is 1.80. The third kappa shape index (κ3) is 5.57. The molecule has 1 aromatic heterocycles. The van der Waals surface area contributed by atoms with Gasteiger partial charge in [-0.25, -0.2) is 0 Å². The summed E-state index contributed by atoms with van der Waals surface area (Å²) in [6.45, 7) is 6.55. The van der Waals surface area contributed by atoms with Gasteiger partial charge < -0.3 is 10.4 Å². The molecule has 0 saturated carbocycles. The fourth-order valence-electron chi connectivity index (χ4n) is 2.09. The number of aryl methyl sites for hydroxylation is 2. The van der Waals surface area contributed by atoms with E-state index >= 15 is 0 Å². The number of carbonyl (C=O) groups is 2. The van der Waals surface area contributed by atoms with Crippen molar-refractivity contribution < 1.29 is 14.7 Å². The topological polar surface area (TPSA) is 84.2 Å². The summed E-state index contributed by atoms with van der Waals surface area (Å²) in [6.07, 6.45) is 2.29. The van der Waals surface area contributed by atoms with Gasteiger partial charge in [-0.05, 0) is 30.7 Å². The molecule has 21 heavy (non-hydrogen) atoms. The molecule has 1 heterocycles. The van der Waals surface area contributed by atoms with E-state index in [0.29, 0.717) is 18.7 Å². The van der Waals surface area contributed by atoms with Crippen molar-refractivity contribution in [2.75, 3.05) is 6.54 Å². The first-order valence-electron chi connectivity index (χ1n) is 7.28. The Morgan fingerprint density at radius 2 is 2.05 bits per heavy atom. The lowest BCUT2D eigenvalue weighted by atomic mass is 9.84. The summed E-state index contributed by atoms with van der Waals surface area (Å²) in [5.41, 5.74) is 1.34. The van der Waals surface area contributed by atoms with Crippen molar-refractivity contribution in [1.82, 2.24) is 15.1 Å². The van der Waals surface area contributed by atoms with E-state index in [1.165, 1.54) is 0 Å². The standard InChI is InChI=1S/C15H25N3O3/c1-5-11-10-12(18(4)17-11)14(21)16-9-8-15(2,3)7-6-13(19)20/h10H,5-9H2,1-4H3,(H,16,21)(H,19,20). The lowest BCUT2D eigenvalue weighted by molar-refractivity contribution is -0.137. The van der Waals surface area contributed by atoms with E-state index in [1.54, 1.807) is 17.8 Å². The van der Waals surface area contributed by atoms with Crippen molar-refractivity contribution in [2.45, 2.75) is 46.5 Å². The van der Waals surface area contributed by atoms with Crippen LogP contribution >= 0.6 is 0 Å². The van der Waals surface area contributed by atoms with Crippen molar-refractivity contribution in [3.63, 3.8) is 0 Å². The van der Waals surface area contributed by atoms with Crippen LogP contribution in [0.4, 0.5) is 0 Å². The van der Waals surface area contributed by atoms with Crippen LogP contribution in [0, 0.1) is 5.41 Å². The van der Waals surface area contributed by atoms with E-state index in [0.717, 1.165) is 18.5 Å². The molecule has 1 rings (SSSR count). The molecule has 0 bridgehead atoms. The molecule has 0 aromatic carbocycles.